The van der Waals surface area contributed by atoms with Crippen molar-refractivity contribution in [3.05, 3.63) is 58.2 Å². The summed E-state index contributed by atoms with van der Waals surface area (Å²) in [5.74, 6) is 2.56. The first-order chi connectivity index (χ1) is 13.7. The fraction of sp³-hybridized carbons (Fsp3) is 0.643. The van der Waals surface area contributed by atoms with Gasteiger partial charge in [0.05, 0.1) is 0 Å². The maximum atomic E-state index is 2.54. The van der Waals surface area contributed by atoms with E-state index in [4.69, 9.17) is 0 Å². The molecular formula is C28H44. The molecule has 0 heterocycles. The first kappa shape index (κ1) is 23.0. The highest BCUT2D eigenvalue weighted by Crippen LogP contribution is 2.40. The number of hydrogen-bond acceptors (Lipinski definition) is 0. The van der Waals surface area contributed by atoms with E-state index in [0.29, 0.717) is 0 Å². The molecule has 3 unspecified atom stereocenters. The Labute approximate surface area is 175 Å². The lowest BCUT2D eigenvalue weighted by atomic mass is 9.78. The lowest BCUT2D eigenvalue weighted by Crippen LogP contribution is -2.11. The Morgan fingerprint density at radius 2 is 1.54 bits per heavy atom. The molecule has 1 fully saturated rings. The molecule has 0 saturated heterocycles. The molecule has 156 valence electrons. The van der Waals surface area contributed by atoms with Crippen LogP contribution < -0.4 is 0 Å². The highest BCUT2D eigenvalue weighted by molar-refractivity contribution is 5.40. The van der Waals surface area contributed by atoms with Crippen molar-refractivity contribution in [2.45, 2.75) is 105 Å². The van der Waals surface area contributed by atoms with Crippen LogP contribution in [0.3, 0.4) is 0 Å². The third-order valence-corrected chi connectivity index (χ3v) is 6.77. The van der Waals surface area contributed by atoms with Crippen LogP contribution in [-0.4, -0.2) is 0 Å². The van der Waals surface area contributed by atoms with E-state index < -0.39 is 0 Å². The Balaban J connectivity index is 0.000000660. The van der Waals surface area contributed by atoms with Gasteiger partial charge in [-0.15, -0.1) is 0 Å². The number of benzene rings is 1. The predicted octanol–water partition coefficient (Wildman–Crippen LogP) is 9.02. The van der Waals surface area contributed by atoms with Crippen LogP contribution in [0.1, 0.15) is 110 Å². The van der Waals surface area contributed by atoms with Gasteiger partial charge in [0.25, 0.3) is 0 Å². The molecule has 3 aliphatic rings. The normalized spacial score (nSPS) is 26.4. The van der Waals surface area contributed by atoms with E-state index in [2.05, 4.69) is 44.2 Å². The van der Waals surface area contributed by atoms with Crippen molar-refractivity contribution < 1.29 is 0 Å². The van der Waals surface area contributed by atoms with Crippen LogP contribution in [0.4, 0.5) is 0 Å². The van der Waals surface area contributed by atoms with E-state index in [1.165, 1.54) is 56.9 Å². The summed E-state index contributed by atoms with van der Waals surface area (Å²) in [7, 11) is 0. The molecule has 0 heteroatoms. The second kappa shape index (κ2) is 11.6. The van der Waals surface area contributed by atoms with Gasteiger partial charge in [-0.25, -0.2) is 0 Å². The second-order valence-corrected chi connectivity index (χ2v) is 8.68. The molecule has 0 aliphatic heterocycles. The minimum atomic E-state index is 0.810. The maximum Gasteiger partial charge on any atom is -0.00638 e. The zero-order chi connectivity index (χ0) is 20.5. The minimum Gasteiger partial charge on any atom is -0.0683 e. The van der Waals surface area contributed by atoms with Gasteiger partial charge in [0, 0.05) is 0 Å². The molecule has 0 N–H and O–H groups in total. The molecule has 3 atom stereocenters. The Hall–Kier alpha value is -1.30. The largest absolute Gasteiger partial charge is 0.0683 e. The Bertz CT molecular complexity index is 643. The second-order valence-electron chi connectivity index (χ2n) is 8.68. The van der Waals surface area contributed by atoms with Gasteiger partial charge in [0.15, 0.2) is 0 Å². The molecule has 0 amide bonds. The van der Waals surface area contributed by atoms with Gasteiger partial charge in [-0.1, -0.05) is 95.9 Å². The number of rotatable bonds is 3. The van der Waals surface area contributed by atoms with E-state index in [-0.39, 0.29) is 0 Å². The summed E-state index contributed by atoms with van der Waals surface area (Å²) in [4.78, 5) is 0. The van der Waals surface area contributed by atoms with Crippen molar-refractivity contribution >= 4 is 0 Å². The van der Waals surface area contributed by atoms with E-state index in [9.17, 15) is 0 Å². The van der Waals surface area contributed by atoms with Gasteiger partial charge in [0.1, 0.15) is 0 Å². The monoisotopic (exact) mass is 380 g/mol. The SMILES string of the molecule is CC.CC.CC1CCCC(c2ccc(CC3=CC4=C(CC3)C(C)CC4)cc2)C1. The number of hydrogen-bond donors (Lipinski definition) is 0. The molecule has 28 heavy (non-hydrogen) atoms. The summed E-state index contributed by atoms with van der Waals surface area (Å²) in [6.45, 7) is 12.8. The molecule has 3 aliphatic carbocycles. The van der Waals surface area contributed by atoms with Crippen molar-refractivity contribution in [2.75, 3.05) is 0 Å². The van der Waals surface area contributed by atoms with Crippen molar-refractivity contribution in [3.8, 4) is 0 Å². The van der Waals surface area contributed by atoms with Crippen molar-refractivity contribution in [2.24, 2.45) is 11.8 Å². The first-order valence-electron chi connectivity index (χ1n) is 12.2. The zero-order valence-corrected chi connectivity index (χ0v) is 19.5. The van der Waals surface area contributed by atoms with E-state index in [1.807, 2.05) is 27.7 Å². The zero-order valence-electron chi connectivity index (χ0n) is 19.5. The standard InChI is InChI=1S/C24H32.2C2H6/c1-17-4-3-5-22(14-17)21-11-7-19(8-12-21)15-20-9-13-24-18(2)6-10-23(24)16-20;2*1-2/h7-8,11-12,16-18,22H,3-6,9-10,13-15H2,1-2H3;2*1-2H3. The fourth-order valence-electron chi connectivity index (χ4n) is 5.26. The quantitative estimate of drug-likeness (QED) is 0.490. The summed E-state index contributed by atoms with van der Waals surface area (Å²) in [5.41, 5.74) is 8.18. The van der Waals surface area contributed by atoms with Crippen LogP contribution in [0.2, 0.25) is 0 Å². The van der Waals surface area contributed by atoms with Gasteiger partial charge in [0.2, 0.25) is 0 Å². The maximum absolute atomic E-state index is 2.54. The van der Waals surface area contributed by atoms with Crippen molar-refractivity contribution in [1.82, 2.24) is 0 Å². The van der Waals surface area contributed by atoms with Crippen molar-refractivity contribution in [1.29, 1.82) is 0 Å². The molecule has 1 saturated carbocycles. The van der Waals surface area contributed by atoms with Crippen LogP contribution >= 0.6 is 0 Å². The average Bonchev–Trinajstić information content (AvgIpc) is 3.12. The summed E-state index contributed by atoms with van der Waals surface area (Å²) in [6.07, 6.45) is 14.6. The molecule has 0 spiro atoms. The summed E-state index contributed by atoms with van der Waals surface area (Å²) >= 11 is 0. The van der Waals surface area contributed by atoms with Gasteiger partial charge >= 0.3 is 0 Å². The molecule has 1 aromatic rings. The smallest absolute Gasteiger partial charge is 0.00638 e. The van der Waals surface area contributed by atoms with Gasteiger partial charge in [-0.3, -0.25) is 0 Å². The van der Waals surface area contributed by atoms with Gasteiger partial charge in [-0.05, 0) is 79.4 Å². The van der Waals surface area contributed by atoms with E-state index >= 15 is 0 Å². The molecular weight excluding hydrogens is 336 g/mol. The molecule has 0 radical (unpaired) electrons. The fourth-order valence-corrected chi connectivity index (χ4v) is 5.26. The van der Waals surface area contributed by atoms with Crippen LogP contribution in [0, 0.1) is 11.8 Å². The number of allylic oxidation sites excluding steroid dienone is 4. The predicted molar refractivity (Wildman–Crippen MR) is 126 cm³/mol. The van der Waals surface area contributed by atoms with Crippen molar-refractivity contribution in [3.63, 3.8) is 0 Å². The highest BCUT2D eigenvalue weighted by atomic mass is 14.3. The third-order valence-electron chi connectivity index (χ3n) is 6.77. The summed E-state index contributed by atoms with van der Waals surface area (Å²) in [6, 6.07) is 9.64. The molecule has 0 aromatic heterocycles. The first-order valence-corrected chi connectivity index (χ1v) is 12.2. The van der Waals surface area contributed by atoms with Crippen LogP contribution in [0.5, 0.6) is 0 Å². The molecule has 1 aromatic carbocycles. The summed E-state index contributed by atoms with van der Waals surface area (Å²) in [5, 5.41) is 0. The topological polar surface area (TPSA) is 0 Å². The Morgan fingerprint density at radius 3 is 2.21 bits per heavy atom. The minimum absolute atomic E-state index is 0.810. The Morgan fingerprint density at radius 1 is 0.821 bits per heavy atom. The van der Waals surface area contributed by atoms with Crippen LogP contribution in [-0.2, 0) is 6.42 Å². The van der Waals surface area contributed by atoms with E-state index in [1.54, 1.807) is 22.3 Å². The molecule has 0 bridgehead atoms. The molecule has 0 nitrogen and oxygen atoms in total. The van der Waals surface area contributed by atoms with Crippen LogP contribution in [0.25, 0.3) is 0 Å². The van der Waals surface area contributed by atoms with E-state index in [0.717, 1.165) is 24.2 Å². The Kier molecular flexibility index (Phi) is 9.56. The third kappa shape index (κ3) is 5.85. The van der Waals surface area contributed by atoms with Gasteiger partial charge in [-0.2, -0.15) is 0 Å². The lowest BCUT2D eigenvalue weighted by Gasteiger charge is -2.27. The van der Waals surface area contributed by atoms with Crippen LogP contribution in [0.15, 0.2) is 47.1 Å². The highest BCUT2D eigenvalue weighted by Gasteiger charge is 2.24. The average molecular weight is 381 g/mol. The molecule has 4 rings (SSSR count). The lowest BCUT2D eigenvalue weighted by molar-refractivity contribution is 0.344. The summed E-state index contributed by atoms with van der Waals surface area (Å²) < 4.78 is 0. The van der Waals surface area contributed by atoms with Gasteiger partial charge < -0.3 is 0 Å².